The lowest BCUT2D eigenvalue weighted by molar-refractivity contribution is 0.0418. The molecule has 2 aromatic rings. The number of carbonyl (C=O) groups is 1. The monoisotopic (exact) mass is 474 g/mol. The van der Waals surface area contributed by atoms with Gasteiger partial charge in [-0.1, -0.05) is 28.4 Å². The van der Waals surface area contributed by atoms with Crippen molar-refractivity contribution in [2.75, 3.05) is 11.9 Å². The summed E-state index contributed by atoms with van der Waals surface area (Å²) in [5.41, 5.74) is 0.515. The molecule has 1 amide bonds. The van der Waals surface area contributed by atoms with Gasteiger partial charge in [-0.25, -0.2) is 9.08 Å². The summed E-state index contributed by atoms with van der Waals surface area (Å²) in [7, 11) is -4.45. The van der Waals surface area contributed by atoms with Gasteiger partial charge in [-0.3, -0.25) is 5.32 Å². The van der Waals surface area contributed by atoms with Gasteiger partial charge in [0.25, 0.3) is 0 Å². The summed E-state index contributed by atoms with van der Waals surface area (Å²) in [5, 5.41) is 6.29. The van der Waals surface area contributed by atoms with Crippen LogP contribution < -0.4 is 14.2 Å². The average molecular weight is 475 g/mol. The fourth-order valence-corrected chi connectivity index (χ4v) is 3.38. The van der Waals surface area contributed by atoms with Crippen molar-refractivity contribution in [3.05, 3.63) is 52.0 Å². The quantitative estimate of drug-likeness (QED) is 0.464. The van der Waals surface area contributed by atoms with E-state index in [-0.39, 0.29) is 22.4 Å². The number of hydrogen-bond acceptors (Lipinski definition) is 8. The molecule has 3 rings (SSSR count). The van der Waals surface area contributed by atoms with E-state index in [4.69, 9.17) is 36.9 Å². The molecule has 0 bridgehead atoms. The van der Waals surface area contributed by atoms with E-state index in [0.29, 0.717) is 11.4 Å². The summed E-state index contributed by atoms with van der Waals surface area (Å²) in [6.07, 6.45) is 0.563. The zero-order valence-corrected chi connectivity index (χ0v) is 18.0. The van der Waals surface area contributed by atoms with Crippen LogP contribution in [0.4, 0.5) is 10.5 Å². The molecule has 160 valence electrons. The molecule has 0 saturated heterocycles. The van der Waals surface area contributed by atoms with E-state index in [1.807, 2.05) is 0 Å². The van der Waals surface area contributed by atoms with E-state index in [1.54, 1.807) is 32.0 Å². The van der Waals surface area contributed by atoms with Crippen LogP contribution in [0.15, 0.2) is 41.6 Å². The Hall–Kier alpha value is -2.69. The van der Waals surface area contributed by atoms with Crippen molar-refractivity contribution in [1.82, 2.24) is 0 Å². The van der Waals surface area contributed by atoms with Crippen molar-refractivity contribution in [3.63, 3.8) is 0 Å². The second kappa shape index (κ2) is 8.58. The number of hydrogen-bond donors (Lipinski definition) is 1. The zero-order chi connectivity index (χ0) is 21.9. The Bertz CT molecular complexity index is 1100. The van der Waals surface area contributed by atoms with Crippen LogP contribution in [0.25, 0.3) is 0 Å². The van der Waals surface area contributed by atoms with Crippen LogP contribution in [0.2, 0.25) is 10.0 Å². The number of benzene rings is 2. The first-order valence-electron chi connectivity index (χ1n) is 8.43. The van der Waals surface area contributed by atoms with Gasteiger partial charge in [0.1, 0.15) is 23.7 Å². The number of anilines is 1. The highest BCUT2D eigenvalue weighted by Gasteiger charge is 2.33. The fourth-order valence-electron chi connectivity index (χ4n) is 2.55. The molecule has 1 aliphatic heterocycles. The number of halogens is 2. The maximum Gasteiger partial charge on any atom is 0.521 e. The van der Waals surface area contributed by atoms with E-state index in [9.17, 15) is 13.2 Å². The first-order chi connectivity index (χ1) is 14.1. The molecule has 0 fully saturated rings. The number of amides is 1. The Morgan fingerprint density at radius 1 is 1.13 bits per heavy atom. The van der Waals surface area contributed by atoms with E-state index < -0.39 is 22.1 Å². The van der Waals surface area contributed by atoms with Crippen molar-refractivity contribution in [2.24, 2.45) is 5.16 Å². The first kappa shape index (κ1) is 22.0. The number of ether oxygens (including phenoxy) is 2. The number of cyclic esters (lactones) is 1. The molecule has 1 heterocycles. The van der Waals surface area contributed by atoms with Gasteiger partial charge in [-0.05, 0) is 44.2 Å². The van der Waals surface area contributed by atoms with Crippen LogP contribution in [0.5, 0.6) is 11.5 Å². The molecule has 30 heavy (non-hydrogen) atoms. The standard InChI is InChI=1S/C18H16Cl2N2O7S/c1-18(2)13-9-11(4-6-16(13)22-17(23)27-18)26-8-7-21-29-30(24,25)28-12-3-5-14(19)15(20)10-12/h3-7,9-10H,8H2,1-2H3,(H,22,23). The molecular weight excluding hydrogens is 459 g/mol. The molecule has 1 N–H and O–H groups in total. The third-order valence-corrected chi connectivity index (χ3v) is 5.25. The van der Waals surface area contributed by atoms with Gasteiger partial charge in [0.05, 0.1) is 21.9 Å². The highest BCUT2D eigenvalue weighted by atomic mass is 35.5. The molecule has 12 heteroatoms. The van der Waals surface area contributed by atoms with Gasteiger partial charge in [0, 0.05) is 11.6 Å². The van der Waals surface area contributed by atoms with Crippen LogP contribution >= 0.6 is 23.2 Å². The Morgan fingerprint density at radius 3 is 2.60 bits per heavy atom. The van der Waals surface area contributed by atoms with Gasteiger partial charge in [0.15, 0.2) is 0 Å². The van der Waals surface area contributed by atoms with Crippen LogP contribution in [0.3, 0.4) is 0 Å². The van der Waals surface area contributed by atoms with Gasteiger partial charge in [-0.2, -0.15) is 0 Å². The summed E-state index contributed by atoms with van der Waals surface area (Å²) in [6.45, 7) is 3.42. The van der Waals surface area contributed by atoms with Crippen LogP contribution in [0, 0.1) is 0 Å². The van der Waals surface area contributed by atoms with E-state index in [0.717, 1.165) is 11.8 Å². The van der Waals surface area contributed by atoms with Crippen molar-refractivity contribution < 1.29 is 31.2 Å². The molecule has 2 aromatic carbocycles. The normalized spacial score (nSPS) is 15.1. The smallest absolute Gasteiger partial charge is 0.488 e. The van der Waals surface area contributed by atoms with Gasteiger partial charge in [0.2, 0.25) is 0 Å². The first-order valence-corrected chi connectivity index (χ1v) is 10.5. The summed E-state index contributed by atoms with van der Waals surface area (Å²) in [4.78, 5) is 11.5. The lowest BCUT2D eigenvalue weighted by Gasteiger charge is -2.32. The Labute approximate surface area is 182 Å². The second-order valence-electron chi connectivity index (χ2n) is 6.47. The van der Waals surface area contributed by atoms with E-state index in [1.165, 1.54) is 18.2 Å². The van der Waals surface area contributed by atoms with Crippen molar-refractivity contribution in [3.8, 4) is 11.5 Å². The molecule has 0 aliphatic carbocycles. The highest BCUT2D eigenvalue weighted by Crippen LogP contribution is 2.37. The predicted octanol–water partition coefficient (Wildman–Crippen LogP) is 4.50. The van der Waals surface area contributed by atoms with Crippen LogP contribution in [-0.4, -0.2) is 27.3 Å². The lowest BCUT2D eigenvalue weighted by Crippen LogP contribution is -2.34. The van der Waals surface area contributed by atoms with Crippen LogP contribution in [0.1, 0.15) is 19.4 Å². The molecule has 0 radical (unpaired) electrons. The molecule has 0 unspecified atom stereocenters. The minimum Gasteiger partial charge on any atom is -0.488 e. The number of rotatable bonds is 7. The maximum atomic E-state index is 11.8. The summed E-state index contributed by atoms with van der Waals surface area (Å²) in [6, 6.07) is 8.93. The van der Waals surface area contributed by atoms with Gasteiger partial charge in [-0.15, -0.1) is 8.42 Å². The molecule has 0 saturated carbocycles. The Balaban J connectivity index is 1.55. The molecule has 0 atom stereocenters. The second-order valence-corrected chi connectivity index (χ2v) is 8.42. The number of oxime groups is 1. The lowest BCUT2D eigenvalue weighted by atomic mass is 9.94. The van der Waals surface area contributed by atoms with Gasteiger partial charge >= 0.3 is 16.5 Å². The van der Waals surface area contributed by atoms with Crippen molar-refractivity contribution in [2.45, 2.75) is 19.4 Å². The average Bonchev–Trinajstić information content (AvgIpc) is 2.64. The molecule has 0 aromatic heterocycles. The Morgan fingerprint density at radius 2 is 1.87 bits per heavy atom. The molecule has 9 nitrogen and oxygen atoms in total. The number of fused-ring (bicyclic) bond motifs is 1. The summed E-state index contributed by atoms with van der Waals surface area (Å²) >= 11 is 11.5. The van der Waals surface area contributed by atoms with Crippen LogP contribution in [-0.2, 0) is 25.0 Å². The topological polar surface area (TPSA) is 113 Å². The maximum absolute atomic E-state index is 11.8. The van der Waals surface area contributed by atoms with Gasteiger partial charge < -0.3 is 13.7 Å². The largest absolute Gasteiger partial charge is 0.521 e. The zero-order valence-electron chi connectivity index (χ0n) is 15.7. The van der Waals surface area contributed by atoms with E-state index in [2.05, 4.69) is 14.8 Å². The summed E-state index contributed by atoms with van der Waals surface area (Å²) in [5.74, 6) is 0.379. The fraction of sp³-hybridized carbons (Fsp3) is 0.222. The Kier molecular flexibility index (Phi) is 6.30. The third-order valence-electron chi connectivity index (χ3n) is 3.85. The minimum absolute atomic E-state index is 0.0816. The number of nitrogens with zero attached hydrogens (tertiary/aromatic N) is 1. The SMILES string of the molecule is CC1(C)OC(=O)Nc2ccc(OCC=NOS(=O)(=O)Oc3ccc(Cl)c(Cl)c3)cc21. The molecule has 0 spiro atoms. The predicted molar refractivity (Wildman–Crippen MR) is 111 cm³/mol. The van der Waals surface area contributed by atoms with E-state index >= 15 is 0 Å². The number of nitrogens with one attached hydrogen (secondary N) is 1. The molecule has 1 aliphatic rings. The number of carbonyl (C=O) groups excluding carboxylic acids is 1. The summed E-state index contributed by atoms with van der Waals surface area (Å²) < 4.78 is 43.3. The molecular formula is C18H16Cl2N2O7S. The highest BCUT2D eigenvalue weighted by molar-refractivity contribution is 7.82. The van der Waals surface area contributed by atoms with Crippen molar-refractivity contribution in [1.29, 1.82) is 0 Å². The van der Waals surface area contributed by atoms with Crippen molar-refractivity contribution >= 4 is 51.6 Å². The third kappa shape index (κ3) is 5.47. The minimum atomic E-state index is -4.45.